The van der Waals surface area contributed by atoms with Gasteiger partial charge in [0, 0.05) is 25.2 Å². The number of rotatable bonds is 2. The molecule has 1 aromatic heterocycles. The Hall–Kier alpha value is -1.21. The van der Waals surface area contributed by atoms with Crippen molar-refractivity contribution in [2.45, 2.75) is 32.5 Å². The fourth-order valence-electron chi connectivity index (χ4n) is 1.89. The highest BCUT2D eigenvalue weighted by atomic mass is 35.5. The molecule has 1 fully saturated rings. The van der Waals surface area contributed by atoms with Crippen molar-refractivity contribution in [1.29, 1.82) is 0 Å². The van der Waals surface area contributed by atoms with E-state index in [2.05, 4.69) is 27.8 Å². The molecule has 17 heavy (non-hydrogen) atoms. The molecule has 8 heteroatoms. The molecule has 1 amide bonds. The molecule has 1 aromatic rings. The van der Waals surface area contributed by atoms with Gasteiger partial charge in [0.1, 0.15) is 12.9 Å². The van der Waals surface area contributed by atoms with Crippen LogP contribution in [0.3, 0.4) is 0 Å². The fourth-order valence-corrected chi connectivity index (χ4v) is 1.89. The molecule has 1 aliphatic heterocycles. The fraction of sp³-hybridized carbons (Fsp3) is 0.778. The summed E-state index contributed by atoms with van der Waals surface area (Å²) in [5, 5.41) is 14.0. The highest BCUT2D eigenvalue weighted by Crippen LogP contribution is 2.09. The molecular formula is C9H17ClN6O. The van der Waals surface area contributed by atoms with Crippen LogP contribution in [0.2, 0.25) is 0 Å². The largest absolute Gasteiger partial charge is 0.336 e. The van der Waals surface area contributed by atoms with E-state index in [-0.39, 0.29) is 30.9 Å². The number of piperazine rings is 1. The summed E-state index contributed by atoms with van der Waals surface area (Å²) >= 11 is 0. The molecule has 2 rings (SSSR count). The average molecular weight is 261 g/mol. The molecule has 2 atom stereocenters. The number of hydrogen-bond acceptors (Lipinski definition) is 5. The molecule has 2 heterocycles. The van der Waals surface area contributed by atoms with Crippen LogP contribution in [0.15, 0.2) is 6.33 Å². The summed E-state index contributed by atoms with van der Waals surface area (Å²) < 4.78 is 1.45. The smallest absolute Gasteiger partial charge is 0.244 e. The predicted molar refractivity (Wildman–Crippen MR) is 63.7 cm³/mol. The van der Waals surface area contributed by atoms with Crippen LogP contribution in [0.25, 0.3) is 0 Å². The monoisotopic (exact) mass is 260 g/mol. The van der Waals surface area contributed by atoms with Gasteiger partial charge >= 0.3 is 0 Å². The van der Waals surface area contributed by atoms with Crippen molar-refractivity contribution in [3.8, 4) is 0 Å². The SMILES string of the molecule is CC1NCCN(C(=O)Cn2cnnn2)C1C.Cl. The maximum atomic E-state index is 12.0. The van der Waals surface area contributed by atoms with Crippen molar-refractivity contribution < 1.29 is 4.79 Å². The summed E-state index contributed by atoms with van der Waals surface area (Å²) in [6.07, 6.45) is 1.45. The third kappa shape index (κ3) is 3.13. The lowest BCUT2D eigenvalue weighted by atomic mass is 10.1. The van der Waals surface area contributed by atoms with Crippen molar-refractivity contribution in [3.63, 3.8) is 0 Å². The molecule has 0 aromatic carbocycles. The summed E-state index contributed by atoms with van der Waals surface area (Å²) in [5.41, 5.74) is 0. The van der Waals surface area contributed by atoms with Crippen molar-refractivity contribution in [2.75, 3.05) is 13.1 Å². The number of nitrogens with zero attached hydrogens (tertiary/aromatic N) is 5. The standard InChI is InChI=1S/C9H16N6O.ClH/c1-7-8(2)15(4-3-10-7)9(16)5-14-6-11-12-13-14;/h6-8,10H,3-5H2,1-2H3;1H. The normalized spacial score (nSPS) is 24.2. The maximum absolute atomic E-state index is 12.0. The highest BCUT2D eigenvalue weighted by Gasteiger charge is 2.27. The minimum absolute atomic E-state index is 0. The van der Waals surface area contributed by atoms with Crippen LogP contribution in [0.4, 0.5) is 0 Å². The lowest BCUT2D eigenvalue weighted by Crippen LogP contribution is -2.57. The van der Waals surface area contributed by atoms with E-state index in [0.29, 0.717) is 6.04 Å². The van der Waals surface area contributed by atoms with Crippen LogP contribution in [0.5, 0.6) is 0 Å². The van der Waals surface area contributed by atoms with Crippen LogP contribution < -0.4 is 5.32 Å². The second kappa shape index (κ2) is 5.92. The van der Waals surface area contributed by atoms with Gasteiger partial charge in [0.2, 0.25) is 5.91 Å². The maximum Gasteiger partial charge on any atom is 0.244 e. The third-order valence-electron chi connectivity index (χ3n) is 3.04. The van der Waals surface area contributed by atoms with Gasteiger partial charge in [0.25, 0.3) is 0 Å². The van der Waals surface area contributed by atoms with E-state index in [0.717, 1.165) is 13.1 Å². The van der Waals surface area contributed by atoms with E-state index in [1.54, 1.807) is 0 Å². The van der Waals surface area contributed by atoms with Gasteiger partial charge < -0.3 is 10.2 Å². The Bertz CT molecular complexity index is 356. The van der Waals surface area contributed by atoms with Gasteiger partial charge in [-0.3, -0.25) is 4.79 Å². The van der Waals surface area contributed by atoms with E-state index < -0.39 is 0 Å². The zero-order valence-corrected chi connectivity index (χ0v) is 10.7. The summed E-state index contributed by atoms with van der Waals surface area (Å²) in [7, 11) is 0. The Kier molecular flexibility index (Phi) is 4.83. The first-order chi connectivity index (χ1) is 7.68. The van der Waals surface area contributed by atoms with Crippen LogP contribution in [-0.4, -0.2) is 56.2 Å². The molecule has 0 saturated carbocycles. The molecule has 0 aliphatic carbocycles. The van der Waals surface area contributed by atoms with E-state index in [1.165, 1.54) is 11.0 Å². The van der Waals surface area contributed by atoms with Crippen LogP contribution in [-0.2, 0) is 11.3 Å². The minimum Gasteiger partial charge on any atom is -0.336 e. The van der Waals surface area contributed by atoms with Crippen LogP contribution in [0, 0.1) is 0 Å². The number of carbonyl (C=O) groups excluding carboxylic acids is 1. The van der Waals surface area contributed by atoms with Gasteiger partial charge in [0.15, 0.2) is 0 Å². The first-order valence-electron chi connectivity index (χ1n) is 5.42. The van der Waals surface area contributed by atoms with Crippen molar-refractivity contribution >= 4 is 18.3 Å². The first-order valence-corrected chi connectivity index (χ1v) is 5.42. The predicted octanol–water partition coefficient (Wildman–Crippen LogP) is -0.696. The Labute approximate surface area is 106 Å². The summed E-state index contributed by atoms with van der Waals surface area (Å²) in [4.78, 5) is 13.9. The lowest BCUT2D eigenvalue weighted by Gasteiger charge is -2.38. The zero-order chi connectivity index (χ0) is 11.5. The summed E-state index contributed by atoms with van der Waals surface area (Å²) in [6.45, 7) is 5.93. The van der Waals surface area contributed by atoms with Crippen LogP contribution >= 0.6 is 12.4 Å². The molecular weight excluding hydrogens is 244 g/mol. The zero-order valence-electron chi connectivity index (χ0n) is 9.91. The Morgan fingerprint density at radius 1 is 1.53 bits per heavy atom. The van der Waals surface area contributed by atoms with E-state index in [9.17, 15) is 4.79 Å². The van der Waals surface area contributed by atoms with Gasteiger partial charge in [-0.25, -0.2) is 4.68 Å². The van der Waals surface area contributed by atoms with Gasteiger partial charge in [-0.1, -0.05) is 0 Å². The van der Waals surface area contributed by atoms with Crippen molar-refractivity contribution in [3.05, 3.63) is 6.33 Å². The number of nitrogens with one attached hydrogen (secondary N) is 1. The molecule has 1 saturated heterocycles. The minimum atomic E-state index is 0. The molecule has 0 radical (unpaired) electrons. The molecule has 0 bridgehead atoms. The first kappa shape index (κ1) is 13.9. The van der Waals surface area contributed by atoms with Crippen LogP contribution in [0.1, 0.15) is 13.8 Å². The Morgan fingerprint density at radius 3 is 2.94 bits per heavy atom. The third-order valence-corrected chi connectivity index (χ3v) is 3.04. The van der Waals surface area contributed by atoms with E-state index >= 15 is 0 Å². The second-order valence-electron chi connectivity index (χ2n) is 4.08. The second-order valence-corrected chi connectivity index (χ2v) is 4.08. The molecule has 1 N–H and O–H groups in total. The number of carbonyl (C=O) groups is 1. The molecule has 0 spiro atoms. The highest BCUT2D eigenvalue weighted by molar-refractivity contribution is 5.85. The molecule has 2 unspecified atom stereocenters. The average Bonchev–Trinajstić information content (AvgIpc) is 2.74. The van der Waals surface area contributed by atoms with Gasteiger partial charge in [-0.2, -0.15) is 0 Å². The molecule has 1 aliphatic rings. The number of halogens is 1. The van der Waals surface area contributed by atoms with Crippen molar-refractivity contribution in [1.82, 2.24) is 30.4 Å². The quantitative estimate of drug-likeness (QED) is 0.761. The van der Waals surface area contributed by atoms with E-state index in [1.807, 2.05) is 11.8 Å². The number of tetrazole rings is 1. The van der Waals surface area contributed by atoms with Gasteiger partial charge in [0.05, 0.1) is 0 Å². The molecule has 96 valence electrons. The summed E-state index contributed by atoms with van der Waals surface area (Å²) in [6, 6.07) is 0.532. The van der Waals surface area contributed by atoms with Crippen molar-refractivity contribution in [2.24, 2.45) is 0 Å². The van der Waals surface area contributed by atoms with Gasteiger partial charge in [-0.15, -0.1) is 17.5 Å². The number of aromatic nitrogens is 4. The number of amides is 1. The molecule has 7 nitrogen and oxygen atoms in total. The Balaban J connectivity index is 0.00000144. The topological polar surface area (TPSA) is 75.9 Å². The lowest BCUT2D eigenvalue weighted by molar-refractivity contribution is -0.135. The Morgan fingerprint density at radius 2 is 2.29 bits per heavy atom. The van der Waals surface area contributed by atoms with Gasteiger partial charge in [-0.05, 0) is 24.3 Å². The van der Waals surface area contributed by atoms with E-state index in [4.69, 9.17) is 0 Å². The summed E-state index contributed by atoms with van der Waals surface area (Å²) in [5.74, 6) is 0.0631. The number of hydrogen-bond donors (Lipinski definition) is 1.